The Balaban J connectivity index is 1.66. The summed E-state index contributed by atoms with van der Waals surface area (Å²) in [6.07, 6.45) is 1.10. The molecule has 1 amide bonds. The number of amides is 1. The number of nitrogens with one attached hydrogen (secondary N) is 1. The Bertz CT molecular complexity index is 948. The van der Waals surface area contributed by atoms with E-state index >= 15 is 0 Å². The lowest BCUT2D eigenvalue weighted by atomic mass is 10.0. The van der Waals surface area contributed by atoms with Gasteiger partial charge in [-0.2, -0.15) is 4.68 Å². The number of methoxy groups -OCH3 is 1. The summed E-state index contributed by atoms with van der Waals surface area (Å²) in [5.41, 5.74) is 3.80. The van der Waals surface area contributed by atoms with Crippen molar-refractivity contribution in [3.63, 3.8) is 0 Å². The topological polar surface area (TPSA) is 81.9 Å². The number of benzene rings is 2. The summed E-state index contributed by atoms with van der Waals surface area (Å²) < 4.78 is 6.96. The number of hydrogen-bond donors (Lipinski definition) is 1. The van der Waals surface area contributed by atoms with E-state index in [1.807, 2.05) is 0 Å². The quantitative estimate of drug-likeness (QED) is 0.677. The van der Waals surface area contributed by atoms with Crippen molar-refractivity contribution in [2.24, 2.45) is 0 Å². The van der Waals surface area contributed by atoms with Gasteiger partial charge in [0.05, 0.1) is 7.11 Å². The van der Waals surface area contributed by atoms with Crippen LogP contribution in [0.15, 0.2) is 42.5 Å². The first-order chi connectivity index (χ1) is 13.5. The maximum atomic E-state index is 12.4. The highest BCUT2D eigenvalue weighted by Crippen LogP contribution is 2.26. The van der Waals surface area contributed by atoms with Gasteiger partial charge < -0.3 is 10.1 Å². The average Bonchev–Trinajstić information content (AvgIpc) is 3.12. The average molecular weight is 379 g/mol. The van der Waals surface area contributed by atoms with Crippen LogP contribution in [0.3, 0.4) is 0 Å². The van der Waals surface area contributed by atoms with E-state index in [2.05, 4.69) is 59.0 Å². The monoisotopic (exact) mass is 379 g/mol. The molecule has 0 aliphatic rings. The molecule has 1 aromatic heterocycles. The van der Waals surface area contributed by atoms with E-state index in [1.54, 1.807) is 36.9 Å². The number of carbonyl (C=O) groups is 1. The number of tetrazole rings is 1. The fourth-order valence-corrected chi connectivity index (χ4v) is 2.94. The normalized spacial score (nSPS) is 10.9. The molecular weight excluding hydrogens is 354 g/mol. The molecule has 0 atom stereocenters. The van der Waals surface area contributed by atoms with Crippen LogP contribution in [-0.4, -0.2) is 33.2 Å². The zero-order valence-electron chi connectivity index (χ0n) is 16.6. The highest BCUT2D eigenvalue weighted by molar-refractivity contribution is 5.91. The number of aromatic nitrogens is 4. The van der Waals surface area contributed by atoms with Gasteiger partial charge in [-0.05, 0) is 59.0 Å². The van der Waals surface area contributed by atoms with E-state index in [0.717, 1.165) is 5.56 Å². The summed E-state index contributed by atoms with van der Waals surface area (Å²) in [7, 11) is 1.58. The van der Waals surface area contributed by atoms with Crippen molar-refractivity contribution < 1.29 is 9.53 Å². The molecule has 1 heterocycles. The molecule has 0 spiro atoms. The lowest BCUT2D eigenvalue weighted by Crippen LogP contribution is -2.13. The Labute approximate surface area is 164 Å². The molecule has 7 heteroatoms. The van der Waals surface area contributed by atoms with Crippen molar-refractivity contribution in [3.8, 4) is 11.4 Å². The minimum atomic E-state index is -0.0440. The molecule has 0 aliphatic heterocycles. The van der Waals surface area contributed by atoms with E-state index in [0.29, 0.717) is 41.7 Å². The second-order valence-corrected chi connectivity index (χ2v) is 6.97. The maximum absolute atomic E-state index is 12.4. The first kappa shape index (κ1) is 19.5. The third-order valence-electron chi connectivity index (χ3n) is 4.60. The van der Waals surface area contributed by atoms with Gasteiger partial charge in [0.1, 0.15) is 11.4 Å². The SMILES string of the molecule is COc1ccc(NC(=O)CCc2ccc(C(C)C)cc2)cc1-n1nnnc1C. The lowest BCUT2D eigenvalue weighted by molar-refractivity contribution is -0.116. The minimum absolute atomic E-state index is 0.0440. The van der Waals surface area contributed by atoms with Crippen LogP contribution >= 0.6 is 0 Å². The molecule has 3 rings (SSSR count). The Hall–Kier alpha value is -3.22. The molecule has 0 fully saturated rings. The maximum Gasteiger partial charge on any atom is 0.224 e. The first-order valence-electron chi connectivity index (χ1n) is 9.30. The fourth-order valence-electron chi connectivity index (χ4n) is 2.94. The summed E-state index contributed by atoms with van der Waals surface area (Å²) in [5.74, 6) is 1.72. The third-order valence-corrected chi connectivity index (χ3v) is 4.60. The van der Waals surface area contributed by atoms with Crippen molar-refractivity contribution in [3.05, 3.63) is 59.4 Å². The Kier molecular flexibility index (Phi) is 6.03. The molecule has 0 aliphatic carbocycles. The summed E-state index contributed by atoms with van der Waals surface area (Å²) >= 11 is 0. The predicted molar refractivity (Wildman–Crippen MR) is 108 cm³/mol. The van der Waals surface area contributed by atoms with Gasteiger partial charge in [0, 0.05) is 12.1 Å². The van der Waals surface area contributed by atoms with Crippen LogP contribution < -0.4 is 10.1 Å². The fraction of sp³-hybridized carbons (Fsp3) is 0.333. The Morgan fingerprint density at radius 1 is 1.18 bits per heavy atom. The molecule has 3 aromatic rings. The van der Waals surface area contributed by atoms with Crippen molar-refractivity contribution in [2.75, 3.05) is 12.4 Å². The number of hydrogen-bond acceptors (Lipinski definition) is 5. The van der Waals surface area contributed by atoms with E-state index in [4.69, 9.17) is 4.74 Å². The molecule has 0 saturated carbocycles. The van der Waals surface area contributed by atoms with Gasteiger partial charge in [-0.15, -0.1) is 5.10 Å². The first-order valence-corrected chi connectivity index (χ1v) is 9.30. The second kappa shape index (κ2) is 8.65. The van der Waals surface area contributed by atoms with E-state index in [1.165, 1.54) is 5.56 Å². The van der Waals surface area contributed by atoms with Gasteiger partial charge in [-0.1, -0.05) is 38.1 Å². The van der Waals surface area contributed by atoms with Gasteiger partial charge in [0.2, 0.25) is 5.91 Å². The molecule has 0 unspecified atom stereocenters. The highest BCUT2D eigenvalue weighted by Gasteiger charge is 2.12. The second-order valence-electron chi connectivity index (χ2n) is 6.97. The third kappa shape index (κ3) is 4.54. The summed E-state index contributed by atoms with van der Waals surface area (Å²) in [6, 6.07) is 13.8. The van der Waals surface area contributed by atoms with Crippen LogP contribution in [0.25, 0.3) is 5.69 Å². The predicted octanol–water partition coefficient (Wildman–Crippen LogP) is 3.67. The number of nitrogens with zero attached hydrogens (tertiary/aromatic N) is 4. The number of carbonyl (C=O) groups excluding carboxylic acids is 1. The number of ether oxygens (including phenoxy) is 1. The molecule has 146 valence electrons. The molecule has 0 saturated heterocycles. The van der Waals surface area contributed by atoms with Gasteiger partial charge in [-0.25, -0.2) is 0 Å². The molecule has 28 heavy (non-hydrogen) atoms. The smallest absolute Gasteiger partial charge is 0.224 e. The van der Waals surface area contributed by atoms with Gasteiger partial charge in [-0.3, -0.25) is 4.79 Å². The van der Waals surface area contributed by atoms with E-state index in [9.17, 15) is 4.79 Å². The van der Waals surface area contributed by atoms with E-state index in [-0.39, 0.29) is 5.91 Å². The molecular formula is C21H25N5O2. The van der Waals surface area contributed by atoms with Crippen LogP contribution in [0.2, 0.25) is 0 Å². The largest absolute Gasteiger partial charge is 0.494 e. The number of aryl methyl sites for hydroxylation is 2. The van der Waals surface area contributed by atoms with Gasteiger partial charge >= 0.3 is 0 Å². The number of rotatable bonds is 7. The summed E-state index contributed by atoms with van der Waals surface area (Å²) in [5, 5.41) is 14.5. The highest BCUT2D eigenvalue weighted by atomic mass is 16.5. The van der Waals surface area contributed by atoms with Crippen molar-refractivity contribution in [2.45, 2.75) is 39.5 Å². The Morgan fingerprint density at radius 2 is 1.93 bits per heavy atom. The lowest BCUT2D eigenvalue weighted by Gasteiger charge is -2.12. The molecule has 1 N–H and O–H groups in total. The van der Waals surface area contributed by atoms with Crippen LogP contribution in [-0.2, 0) is 11.2 Å². The summed E-state index contributed by atoms with van der Waals surface area (Å²) in [4.78, 5) is 12.4. The zero-order valence-corrected chi connectivity index (χ0v) is 16.6. The zero-order chi connectivity index (χ0) is 20.1. The van der Waals surface area contributed by atoms with Crippen LogP contribution in [0, 0.1) is 6.92 Å². The summed E-state index contributed by atoms with van der Waals surface area (Å²) in [6.45, 7) is 6.14. The molecule has 7 nitrogen and oxygen atoms in total. The van der Waals surface area contributed by atoms with Crippen molar-refractivity contribution in [1.29, 1.82) is 0 Å². The Morgan fingerprint density at radius 3 is 2.54 bits per heavy atom. The van der Waals surface area contributed by atoms with Crippen LogP contribution in [0.1, 0.15) is 43.1 Å². The molecule has 0 radical (unpaired) electrons. The minimum Gasteiger partial charge on any atom is -0.494 e. The molecule has 0 bridgehead atoms. The van der Waals surface area contributed by atoms with Gasteiger partial charge in [0.25, 0.3) is 0 Å². The van der Waals surface area contributed by atoms with Crippen LogP contribution in [0.5, 0.6) is 5.75 Å². The standard InChI is InChI=1S/C21H25N5O2/c1-14(2)17-8-5-16(6-9-17)7-12-21(27)22-18-10-11-20(28-4)19(13-18)26-15(3)23-24-25-26/h5-6,8-11,13-14H,7,12H2,1-4H3,(H,22,27). The van der Waals surface area contributed by atoms with Crippen LogP contribution in [0.4, 0.5) is 5.69 Å². The number of anilines is 1. The van der Waals surface area contributed by atoms with E-state index < -0.39 is 0 Å². The molecule has 2 aromatic carbocycles. The van der Waals surface area contributed by atoms with Gasteiger partial charge in [0.15, 0.2) is 5.82 Å². The van der Waals surface area contributed by atoms with Crippen molar-refractivity contribution in [1.82, 2.24) is 20.2 Å². The van der Waals surface area contributed by atoms with Crippen molar-refractivity contribution >= 4 is 11.6 Å².